The van der Waals surface area contributed by atoms with Crippen molar-refractivity contribution in [1.82, 2.24) is 0 Å². The van der Waals surface area contributed by atoms with Gasteiger partial charge in [-0.3, -0.25) is 0 Å². The van der Waals surface area contributed by atoms with Crippen molar-refractivity contribution in [3.05, 3.63) is 71.8 Å². The predicted octanol–water partition coefficient (Wildman–Crippen LogP) is 10.3. The van der Waals surface area contributed by atoms with E-state index >= 15 is 0 Å². The fraction of sp³-hybridized carbons (Fsp3) is 0.514. The molecule has 0 bridgehead atoms. The highest BCUT2D eigenvalue weighted by molar-refractivity contribution is 5.96. The summed E-state index contributed by atoms with van der Waals surface area (Å²) in [7, 11) is 0. The Morgan fingerprint density at radius 3 is 1.90 bits per heavy atom. The molecule has 1 atom stereocenters. The van der Waals surface area contributed by atoms with Gasteiger partial charge in [0, 0.05) is 0 Å². The Morgan fingerprint density at radius 1 is 0.619 bits per heavy atom. The van der Waals surface area contributed by atoms with Crippen molar-refractivity contribution in [1.29, 1.82) is 0 Å². The van der Waals surface area contributed by atoms with Crippen molar-refractivity contribution in [3.8, 4) is 11.5 Å². The van der Waals surface area contributed by atoms with E-state index in [9.17, 15) is 9.59 Å². The largest absolute Gasteiger partial charge is 0.494 e. The molecule has 0 aliphatic heterocycles. The van der Waals surface area contributed by atoms with Gasteiger partial charge in [-0.2, -0.15) is 0 Å². The number of benzene rings is 3. The van der Waals surface area contributed by atoms with Gasteiger partial charge in [0.25, 0.3) is 0 Å². The number of rotatable bonds is 20. The van der Waals surface area contributed by atoms with Gasteiger partial charge in [-0.05, 0) is 84.5 Å². The summed E-state index contributed by atoms with van der Waals surface area (Å²) in [5.74, 6) is 1.12. The summed E-state index contributed by atoms with van der Waals surface area (Å²) in [5.41, 5.74) is 0.985. The maximum Gasteiger partial charge on any atom is 0.343 e. The van der Waals surface area contributed by atoms with Gasteiger partial charge in [0.15, 0.2) is 0 Å². The minimum absolute atomic E-state index is 0.313. The van der Waals surface area contributed by atoms with Crippen LogP contribution >= 0.6 is 0 Å². The summed E-state index contributed by atoms with van der Waals surface area (Å²) in [5, 5.41) is 1.76. The fourth-order valence-electron chi connectivity index (χ4n) is 4.93. The van der Waals surface area contributed by atoms with Crippen LogP contribution < -0.4 is 9.47 Å². The zero-order valence-corrected chi connectivity index (χ0v) is 26.0. The summed E-state index contributed by atoms with van der Waals surface area (Å²) in [6, 6.07) is 17.9. The van der Waals surface area contributed by atoms with E-state index in [1.165, 1.54) is 57.8 Å². The summed E-state index contributed by atoms with van der Waals surface area (Å²) < 4.78 is 16.9. The maximum atomic E-state index is 12.7. The van der Waals surface area contributed by atoms with Crippen molar-refractivity contribution >= 4 is 22.7 Å². The van der Waals surface area contributed by atoms with E-state index in [-0.39, 0.29) is 5.97 Å². The molecule has 3 aromatic carbocycles. The third-order valence-corrected chi connectivity index (χ3v) is 7.89. The van der Waals surface area contributed by atoms with Crippen molar-refractivity contribution in [2.24, 2.45) is 5.92 Å². The van der Waals surface area contributed by atoms with Crippen molar-refractivity contribution < 1.29 is 23.8 Å². The van der Waals surface area contributed by atoms with Crippen LogP contribution in [0.25, 0.3) is 10.8 Å². The molecule has 0 aromatic heterocycles. The van der Waals surface area contributed by atoms with Crippen LogP contribution in [0, 0.1) is 5.92 Å². The van der Waals surface area contributed by atoms with Gasteiger partial charge in [0.1, 0.15) is 11.5 Å². The lowest BCUT2D eigenvalue weighted by Gasteiger charge is -2.10. The molecule has 3 rings (SSSR count). The number of ether oxygens (including phenoxy) is 3. The average molecular weight is 575 g/mol. The number of fused-ring (bicyclic) bond motifs is 1. The molecule has 0 heterocycles. The van der Waals surface area contributed by atoms with Crippen LogP contribution in [0.4, 0.5) is 0 Å². The zero-order chi connectivity index (χ0) is 30.0. The highest BCUT2D eigenvalue weighted by Crippen LogP contribution is 2.24. The number of hydrogen-bond donors (Lipinski definition) is 0. The van der Waals surface area contributed by atoms with Crippen LogP contribution in [0.2, 0.25) is 0 Å². The first-order chi connectivity index (χ1) is 20.5. The lowest BCUT2D eigenvalue weighted by molar-refractivity contribution is 0.0494. The van der Waals surface area contributed by atoms with Crippen LogP contribution in [-0.2, 0) is 4.74 Å². The summed E-state index contributed by atoms with van der Waals surface area (Å²) in [6.45, 7) is 7.76. The molecule has 42 heavy (non-hydrogen) atoms. The molecular weight excluding hydrogens is 524 g/mol. The first kappa shape index (κ1) is 33.2. The van der Waals surface area contributed by atoms with Gasteiger partial charge in [-0.1, -0.05) is 97.1 Å². The number of hydrogen-bond acceptors (Lipinski definition) is 5. The van der Waals surface area contributed by atoms with Gasteiger partial charge in [-0.15, -0.1) is 0 Å². The molecule has 228 valence electrons. The number of esters is 2. The third kappa shape index (κ3) is 11.9. The minimum atomic E-state index is -0.423. The van der Waals surface area contributed by atoms with Crippen molar-refractivity contribution in [2.45, 2.75) is 104 Å². The Labute approximate surface area is 252 Å². The first-order valence-corrected chi connectivity index (χ1v) is 16.2. The van der Waals surface area contributed by atoms with Crippen LogP contribution in [0.15, 0.2) is 60.7 Å². The predicted molar refractivity (Wildman–Crippen MR) is 172 cm³/mol. The van der Waals surface area contributed by atoms with Crippen molar-refractivity contribution in [2.75, 3.05) is 13.2 Å². The van der Waals surface area contributed by atoms with E-state index in [4.69, 9.17) is 14.2 Å². The third-order valence-electron chi connectivity index (χ3n) is 7.89. The molecule has 0 aliphatic carbocycles. The van der Waals surface area contributed by atoms with E-state index in [1.807, 2.05) is 30.3 Å². The summed E-state index contributed by atoms with van der Waals surface area (Å²) in [4.78, 5) is 25.2. The maximum absolute atomic E-state index is 12.7. The van der Waals surface area contributed by atoms with Crippen LogP contribution in [0.1, 0.15) is 125 Å². The molecule has 0 aliphatic rings. The molecular formula is C37H50O5. The second-order valence-electron chi connectivity index (χ2n) is 11.5. The van der Waals surface area contributed by atoms with Crippen LogP contribution in [0.5, 0.6) is 11.5 Å². The molecule has 0 fully saturated rings. The Morgan fingerprint density at radius 2 is 1.21 bits per heavy atom. The highest BCUT2D eigenvalue weighted by Gasteiger charge is 2.12. The Bertz CT molecular complexity index is 1220. The zero-order valence-electron chi connectivity index (χ0n) is 26.0. The molecule has 0 amide bonds. The molecule has 0 saturated heterocycles. The minimum Gasteiger partial charge on any atom is -0.494 e. The molecule has 0 radical (unpaired) electrons. The van der Waals surface area contributed by atoms with Gasteiger partial charge in [0.05, 0.1) is 24.3 Å². The molecule has 5 nitrogen and oxygen atoms in total. The molecule has 0 unspecified atom stereocenters. The molecule has 0 saturated carbocycles. The normalized spacial score (nSPS) is 11.8. The van der Waals surface area contributed by atoms with Crippen LogP contribution in [-0.4, -0.2) is 25.2 Å². The second kappa shape index (κ2) is 19.0. The number of carbonyl (C=O) groups excluding carboxylic acids is 2. The lowest BCUT2D eigenvalue weighted by atomic mass is 10.0. The quantitative estimate of drug-likeness (QED) is 0.0763. The summed E-state index contributed by atoms with van der Waals surface area (Å²) >= 11 is 0. The smallest absolute Gasteiger partial charge is 0.343 e. The highest BCUT2D eigenvalue weighted by atomic mass is 16.5. The Balaban J connectivity index is 1.38. The van der Waals surface area contributed by atoms with E-state index < -0.39 is 5.97 Å². The van der Waals surface area contributed by atoms with Crippen molar-refractivity contribution in [3.63, 3.8) is 0 Å². The van der Waals surface area contributed by atoms with E-state index in [0.717, 1.165) is 42.2 Å². The van der Waals surface area contributed by atoms with Gasteiger partial charge < -0.3 is 14.2 Å². The first-order valence-electron chi connectivity index (χ1n) is 16.2. The van der Waals surface area contributed by atoms with Gasteiger partial charge in [-0.25, -0.2) is 9.59 Å². The van der Waals surface area contributed by atoms with E-state index in [1.54, 1.807) is 30.3 Å². The fourth-order valence-corrected chi connectivity index (χ4v) is 4.93. The Kier molecular flexibility index (Phi) is 15.0. The van der Waals surface area contributed by atoms with E-state index in [0.29, 0.717) is 36.0 Å². The van der Waals surface area contributed by atoms with E-state index in [2.05, 4.69) is 20.8 Å². The lowest BCUT2D eigenvalue weighted by Crippen LogP contribution is -2.08. The second-order valence-corrected chi connectivity index (χ2v) is 11.5. The SMILES string of the molecule is CCCCCCCCCCCCOc1ccc(C(=O)Oc2ccc3cc(C(=O)OCCC[C@@H](C)CC)ccc3c2)cc1. The average Bonchev–Trinajstić information content (AvgIpc) is 3.01. The Hall–Kier alpha value is -3.34. The molecule has 5 heteroatoms. The van der Waals surface area contributed by atoms with Gasteiger partial charge in [0.2, 0.25) is 0 Å². The van der Waals surface area contributed by atoms with Gasteiger partial charge >= 0.3 is 11.9 Å². The molecule has 3 aromatic rings. The topological polar surface area (TPSA) is 61.8 Å². The summed E-state index contributed by atoms with van der Waals surface area (Å²) in [6.07, 6.45) is 16.0. The number of carbonyl (C=O) groups is 2. The monoisotopic (exact) mass is 574 g/mol. The van der Waals surface area contributed by atoms with Crippen LogP contribution in [0.3, 0.4) is 0 Å². The standard InChI is InChI=1S/C37H50O5/c1-4-6-7-8-9-10-11-12-13-14-25-40-34-22-19-30(20-23-34)37(39)42-35-24-21-31-27-33(18-17-32(31)28-35)36(38)41-26-15-16-29(3)5-2/h17-24,27-29H,4-16,25-26H2,1-3H3/t29-/m0/s1. The number of unbranched alkanes of at least 4 members (excludes halogenated alkanes) is 9. The molecule has 0 spiro atoms. The molecule has 0 N–H and O–H groups in total.